The fraction of sp³-hybridized carbons (Fsp3) is 0.696. The molecule has 27 heteroatoms. The van der Waals surface area contributed by atoms with Crippen LogP contribution in [0.15, 0.2) is 42.5 Å². The number of amides is 8. The summed E-state index contributed by atoms with van der Waals surface area (Å²) in [6, 6.07) is 7.27. The summed E-state index contributed by atoms with van der Waals surface area (Å²) in [6.07, 6.45) is 1.26. The van der Waals surface area contributed by atoms with Crippen molar-refractivity contribution in [3.63, 3.8) is 0 Å². The number of unbranched alkanes of at least 4 members (excludes halogenated alkanes) is 3. The van der Waals surface area contributed by atoms with Gasteiger partial charge < -0.3 is 50.4 Å². The smallest absolute Gasteiger partial charge is 0.429 e. The molecule has 1 saturated carbocycles. The molecule has 3 aliphatic rings. The van der Waals surface area contributed by atoms with Crippen LogP contribution in [0.4, 0.5) is 13.6 Å². The number of nitrogens with zero attached hydrogens (tertiary/aromatic N) is 4. The molecule has 5 N–H and O–H groups in total. The number of nitrogens with two attached hydrogens (primary N) is 1. The van der Waals surface area contributed by atoms with Crippen LogP contribution >= 0.6 is 11.8 Å². The molecule has 2 aromatic rings. The third-order valence-corrected chi connectivity index (χ3v) is 23.0. The lowest BCUT2D eigenvalue weighted by atomic mass is 9.83. The van der Waals surface area contributed by atoms with Gasteiger partial charge in [0.25, 0.3) is 0 Å². The van der Waals surface area contributed by atoms with Crippen LogP contribution in [0.25, 0.3) is 0 Å². The average Bonchev–Trinajstić information content (AvgIpc) is 1.57. The molecule has 1 unspecified atom stereocenters. The molecule has 0 bridgehead atoms. The van der Waals surface area contributed by atoms with Crippen LogP contribution in [0.3, 0.4) is 0 Å². The van der Waals surface area contributed by atoms with Crippen LogP contribution < -0.4 is 21.7 Å². The van der Waals surface area contributed by atoms with Crippen LogP contribution in [-0.2, 0) is 91.1 Å². The first-order valence-corrected chi connectivity index (χ1v) is 38.9. The molecule has 0 spiro atoms. The number of primary amides is 1. The zero-order valence-electron chi connectivity index (χ0n) is 65.2. The summed E-state index contributed by atoms with van der Waals surface area (Å²) in [5.74, 6) is -7.16. The number of benzene rings is 2. The summed E-state index contributed by atoms with van der Waals surface area (Å²) in [4.78, 5) is 169. The lowest BCUT2D eigenvalue weighted by Crippen LogP contribution is -2.54. The average molecular weight is 1510 g/mol. The van der Waals surface area contributed by atoms with E-state index in [9.17, 15) is 61.5 Å². The lowest BCUT2D eigenvalue weighted by molar-refractivity contribution is -0.149. The monoisotopic (exact) mass is 1510 g/mol. The van der Waals surface area contributed by atoms with E-state index in [4.69, 9.17) is 24.7 Å². The van der Waals surface area contributed by atoms with Crippen LogP contribution in [0, 0.1) is 58.5 Å². The molecule has 0 radical (unpaired) electrons. The van der Waals surface area contributed by atoms with Crippen LogP contribution in [0.1, 0.15) is 188 Å². The lowest BCUT2D eigenvalue weighted by Gasteiger charge is -2.41. The Balaban J connectivity index is 1.23. The van der Waals surface area contributed by atoms with Gasteiger partial charge in [0.05, 0.1) is 60.5 Å². The number of nitrogens with one attached hydrogen (secondary N) is 3. The molecule has 1 aliphatic carbocycles. The number of halogens is 2. The fourth-order valence-corrected chi connectivity index (χ4v) is 16.2. The van der Waals surface area contributed by atoms with Gasteiger partial charge in [-0.3, -0.25) is 62.5 Å². The minimum absolute atomic E-state index is 0.000699. The van der Waals surface area contributed by atoms with E-state index in [1.807, 2.05) is 74.4 Å². The number of thioether (sulfide) groups is 1. The molecule has 24 nitrogen and oxygen atoms in total. The molecule has 5 rings (SSSR count). The van der Waals surface area contributed by atoms with Gasteiger partial charge >= 0.3 is 6.16 Å². The highest BCUT2D eigenvalue weighted by molar-refractivity contribution is 8.00. The highest BCUT2D eigenvalue weighted by Crippen LogP contribution is 2.52. The Hall–Kier alpha value is -7.23. The van der Waals surface area contributed by atoms with Crippen molar-refractivity contribution in [1.82, 2.24) is 35.6 Å². The van der Waals surface area contributed by atoms with E-state index in [1.165, 1.54) is 41.8 Å². The van der Waals surface area contributed by atoms with Gasteiger partial charge in [-0.2, -0.15) is 0 Å². The third-order valence-electron chi connectivity index (χ3n) is 21.4. The highest BCUT2D eigenvalue weighted by Gasteiger charge is 2.49. The van der Waals surface area contributed by atoms with E-state index < -0.39 is 107 Å². The largest absolute Gasteiger partial charge is 0.508 e. The summed E-state index contributed by atoms with van der Waals surface area (Å²) < 4.78 is 52.8. The second-order valence-corrected chi connectivity index (χ2v) is 31.9. The quantitative estimate of drug-likeness (QED) is 0.0273. The topological polar surface area (TPSA) is 317 Å². The number of rotatable bonds is 48. The number of methoxy groups -OCH3 is 2. The zero-order chi connectivity index (χ0) is 78.9. The fourth-order valence-electron chi connectivity index (χ4n) is 14.7. The summed E-state index contributed by atoms with van der Waals surface area (Å²) in [7, 11) is 9.79. The number of carbonyl (C=O) groups is 12. The molecule has 2 saturated heterocycles. The maximum absolute atomic E-state index is 15.1. The van der Waals surface area contributed by atoms with Gasteiger partial charge in [0, 0.05) is 116 Å². The van der Waals surface area contributed by atoms with Crippen molar-refractivity contribution in [3.8, 4) is 0 Å². The van der Waals surface area contributed by atoms with Crippen LogP contribution in [0.2, 0.25) is 0 Å². The summed E-state index contributed by atoms with van der Waals surface area (Å²) in [5.41, 5.74) is 6.20. The number of likely N-dealkylation sites (N-methyl/N-ethyl adjacent to an activating group) is 2. The number of Topliss-reactive ketones (excluding diaryl/α,β-unsaturated/α-hetero) is 3. The zero-order valence-corrected chi connectivity index (χ0v) is 66.1. The SMILES string of the molecule is CC[C@H](C)[C@@H]([C@@H](CC(=O)N1C[C@@H](OC(=O)OCc2ccc(CC(=O)[C@H](CCCCC(N)=O)NC(=O)[C@@H](CC(=O)CCCCCN3C(=O)CC(SCC4(CC(=O)NC)CC4)C3=O)C(C)C)cc2)C[C@H]1[C@H](OC)[C@@H](C)C(=O)NCCc1c(F)cccc1F)OC)N(C)C(=O)[C@@H](CC(=O)[C@H](C(C)C)N(C)C)C(C)C. The summed E-state index contributed by atoms with van der Waals surface area (Å²) >= 11 is 1.45. The maximum Gasteiger partial charge on any atom is 0.508 e. The van der Waals surface area contributed by atoms with Crippen molar-refractivity contribution in [2.45, 2.75) is 239 Å². The third kappa shape index (κ3) is 26.6. The number of likely N-dealkylation sites (tertiary alicyclic amines) is 2. The molecule has 0 aromatic heterocycles. The van der Waals surface area contributed by atoms with Gasteiger partial charge in [0.2, 0.25) is 47.3 Å². The first-order valence-electron chi connectivity index (χ1n) is 37.8. The highest BCUT2D eigenvalue weighted by atomic mass is 32.2. The van der Waals surface area contributed by atoms with E-state index in [1.54, 1.807) is 50.2 Å². The summed E-state index contributed by atoms with van der Waals surface area (Å²) in [6.45, 7) is 16.6. The van der Waals surface area contributed by atoms with Crippen molar-refractivity contribution < 1.29 is 85.3 Å². The van der Waals surface area contributed by atoms with Gasteiger partial charge in [-0.25, -0.2) is 13.6 Å². The minimum atomic E-state index is -1.07. The number of hydrogen-bond acceptors (Lipinski definition) is 18. The van der Waals surface area contributed by atoms with Crippen molar-refractivity contribution in [2.24, 2.45) is 52.6 Å². The second kappa shape index (κ2) is 43.1. The van der Waals surface area contributed by atoms with Crippen LogP contribution in [-0.4, -0.2) is 206 Å². The first kappa shape index (κ1) is 89.4. The Morgan fingerprint density at radius 2 is 1.41 bits per heavy atom. The van der Waals surface area contributed by atoms with Gasteiger partial charge in [0.15, 0.2) is 11.6 Å². The molecule has 2 aromatic carbocycles. The molecule has 2 aliphatic heterocycles. The van der Waals surface area contributed by atoms with Crippen LogP contribution in [0.5, 0.6) is 0 Å². The van der Waals surface area contributed by atoms with E-state index in [0.29, 0.717) is 61.8 Å². The predicted octanol–water partition coefficient (Wildman–Crippen LogP) is 8.90. The minimum Gasteiger partial charge on any atom is -0.429 e. The molecule has 3 fully saturated rings. The molecular weight excluding hydrogens is 1390 g/mol. The second-order valence-electron chi connectivity index (χ2n) is 30.7. The van der Waals surface area contributed by atoms with Crippen molar-refractivity contribution in [2.75, 3.05) is 67.8 Å². The molecule has 592 valence electrons. The number of hydrogen-bond donors (Lipinski definition) is 4. The predicted molar refractivity (Wildman–Crippen MR) is 399 cm³/mol. The van der Waals surface area contributed by atoms with Gasteiger partial charge in [-0.15, -0.1) is 11.8 Å². The van der Waals surface area contributed by atoms with Gasteiger partial charge in [-0.05, 0) is 111 Å². The Kier molecular flexibility index (Phi) is 36.3. The maximum atomic E-state index is 15.1. The van der Waals surface area contributed by atoms with E-state index in [2.05, 4.69) is 16.0 Å². The molecule has 12 atom stereocenters. The van der Waals surface area contributed by atoms with E-state index in [-0.39, 0.29) is 166 Å². The molecule has 106 heavy (non-hydrogen) atoms. The number of ether oxygens (including phenoxy) is 4. The number of ketones is 3. The molecule has 8 amide bonds. The number of carbonyl (C=O) groups excluding carboxylic acids is 12. The first-order chi connectivity index (χ1) is 50.1. The van der Waals surface area contributed by atoms with Gasteiger partial charge in [0.1, 0.15) is 30.1 Å². The van der Waals surface area contributed by atoms with Crippen molar-refractivity contribution in [3.05, 3.63) is 70.8 Å². The van der Waals surface area contributed by atoms with E-state index >= 15 is 4.79 Å². The Labute approximate surface area is 630 Å². The summed E-state index contributed by atoms with van der Waals surface area (Å²) in [5, 5.41) is 7.85. The number of imide groups is 1. The Morgan fingerprint density at radius 1 is 0.764 bits per heavy atom. The van der Waals surface area contributed by atoms with Crippen molar-refractivity contribution in [1.29, 1.82) is 0 Å². The molecular formula is C79H120F2N8O16S. The molecule has 2 heterocycles. The standard InChI is InChI=1S/C79H120F2N8O16S/c1-16-50(8)72(87(13)76(99)58(48(4)5)40-64(92)71(49(6)7)86(11)12)65(102-14)41-69(95)89-44-55(39-62(89)73(103-15)51(9)74(97)84-35-32-56-59(80)24-22-25-60(56)81)105-78(101)104-45-53-30-28-52(29-31-53)37-63(91)61(26-19-20-27-67(82)93)85-75(98)57(47(2)3)38-54(90)23-18-17-21-36-88-70(96)42-66(77(88)100)106-46-79(33-34-79)43-68(94)83-10/h22,24-25,28-31,47-51,55,57-58,61-62,65-66,71-73H,16-21,23,26-27,32-46H2,1-15H3,(H2,82,93)(H,83,94)(H,84,97)(H,85,98)/t50-,51+,55-,57-,58-,61-,62-,65+,66?,71-,72-,73+/m0/s1. The van der Waals surface area contributed by atoms with Crippen molar-refractivity contribution >= 4 is 82.5 Å². The van der Waals surface area contributed by atoms with E-state index in [0.717, 1.165) is 25.0 Å². The Bertz CT molecular complexity index is 3290. The van der Waals surface area contributed by atoms with Gasteiger partial charge in [-0.1, -0.05) is 112 Å². The normalized spacial score (nSPS) is 18.9. The Morgan fingerprint density at radius 3 is 1.98 bits per heavy atom.